The van der Waals surface area contributed by atoms with Crippen LogP contribution in [0.3, 0.4) is 0 Å². The number of carbonyl (C=O) groups excluding carboxylic acids is 2. The molecule has 0 bridgehead atoms. The van der Waals surface area contributed by atoms with Crippen molar-refractivity contribution >= 4 is 17.9 Å². The zero-order valence-corrected chi connectivity index (χ0v) is 11.8. The zero-order chi connectivity index (χ0) is 16.0. The first-order chi connectivity index (χ1) is 9.81. The fourth-order valence-corrected chi connectivity index (χ4v) is 1.72. The maximum absolute atomic E-state index is 11.8. The van der Waals surface area contributed by atoms with Crippen molar-refractivity contribution < 1.29 is 19.5 Å². The van der Waals surface area contributed by atoms with Crippen LogP contribution in [0.5, 0.6) is 0 Å². The second kappa shape index (κ2) is 7.27. The van der Waals surface area contributed by atoms with Crippen molar-refractivity contribution in [3.8, 4) is 0 Å². The quantitative estimate of drug-likeness (QED) is 0.447. The molecule has 9 heteroatoms. The first-order valence-corrected chi connectivity index (χ1v) is 6.37. The Morgan fingerprint density at radius 3 is 2.48 bits per heavy atom. The molecule has 1 aromatic rings. The van der Waals surface area contributed by atoms with Crippen LogP contribution in [-0.4, -0.2) is 45.1 Å². The number of carbonyl (C=O) groups is 3. The van der Waals surface area contributed by atoms with Crippen molar-refractivity contribution in [2.45, 2.75) is 32.4 Å². The van der Waals surface area contributed by atoms with Crippen molar-refractivity contribution in [2.75, 3.05) is 0 Å². The number of aromatic nitrogens is 2. The van der Waals surface area contributed by atoms with Gasteiger partial charge in [0.2, 0.25) is 5.91 Å². The minimum atomic E-state index is -1.19. The van der Waals surface area contributed by atoms with Gasteiger partial charge >= 0.3 is 12.0 Å². The number of hydrogen-bond acceptors (Lipinski definition) is 4. The zero-order valence-electron chi connectivity index (χ0n) is 11.8. The third-order valence-corrected chi connectivity index (χ3v) is 2.84. The highest BCUT2D eigenvalue weighted by Crippen LogP contribution is 2.02. The van der Waals surface area contributed by atoms with Gasteiger partial charge in [-0.15, -0.1) is 0 Å². The Morgan fingerprint density at radius 2 is 2.05 bits per heavy atom. The number of carboxylic acid groups (broad SMARTS) is 1. The SMILES string of the molecule is CC(C)C(NC(=O)NC(Cc1cnc[nH]1)C(=O)O)C(N)=O. The number of aliphatic carboxylic acids is 1. The van der Waals surface area contributed by atoms with Crippen molar-refractivity contribution in [1.29, 1.82) is 0 Å². The van der Waals surface area contributed by atoms with Gasteiger partial charge in [-0.3, -0.25) is 4.79 Å². The average Bonchev–Trinajstić information content (AvgIpc) is 2.87. The van der Waals surface area contributed by atoms with Gasteiger partial charge in [0.05, 0.1) is 6.33 Å². The summed E-state index contributed by atoms with van der Waals surface area (Å²) in [7, 11) is 0. The Balaban J connectivity index is 2.64. The lowest BCUT2D eigenvalue weighted by Crippen LogP contribution is -2.54. The number of hydrogen-bond donors (Lipinski definition) is 5. The van der Waals surface area contributed by atoms with E-state index in [4.69, 9.17) is 10.8 Å². The molecule has 0 radical (unpaired) electrons. The highest BCUT2D eigenvalue weighted by Gasteiger charge is 2.25. The number of rotatable bonds is 7. The van der Waals surface area contributed by atoms with Crippen LogP contribution in [0.25, 0.3) is 0 Å². The number of nitrogens with one attached hydrogen (secondary N) is 3. The molecule has 2 unspecified atom stereocenters. The van der Waals surface area contributed by atoms with Crippen LogP contribution in [0.1, 0.15) is 19.5 Å². The van der Waals surface area contributed by atoms with Gasteiger partial charge in [-0.25, -0.2) is 14.6 Å². The predicted molar refractivity (Wildman–Crippen MR) is 73.2 cm³/mol. The summed E-state index contributed by atoms with van der Waals surface area (Å²) in [5, 5.41) is 13.8. The van der Waals surface area contributed by atoms with Crippen LogP contribution in [0.2, 0.25) is 0 Å². The maximum atomic E-state index is 11.8. The molecule has 6 N–H and O–H groups in total. The third-order valence-electron chi connectivity index (χ3n) is 2.84. The topological polar surface area (TPSA) is 150 Å². The highest BCUT2D eigenvalue weighted by molar-refractivity contribution is 5.88. The Hall–Kier alpha value is -2.58. The van der Waals surface area contributed by atoms with Crippen LogP contribution < -0.4 is 16.4 Å². The Morgan fingerprint density at radius 1 is 1.38 bits per heavy atom. The van der Waals surface area contributed by atoms with Crippen LogP contribution in [0.15, 0.2) is 12.5 Å². The minimum absolute atomic E-state index is 0.0473. The molecule has 0 aliphatic carbocycles. The number of primary amides is 1. The smallest absolute Gasteiger partial charge is 0.326 e. The molecule has 0 saturated carbocycles. The van der Waals surface area contributed by atoms with E-state index in [0.29, 0.717) is 5.69 Å². The number of nitrogens with zero attached hydrogens (tertiary/aromatic N) is 1. The van der Waals surface area contributed by atoms with Crippen molar-refractivity contribution in [3.63, 3.8) is 0 Å². The molecule has 1 aromatic heterocycles. The molecule has 116 valence electrons. The number of imidazole rings is 1. The summed E-state index contributed by atoms with van der Waals surface area (Å²) in [6.45, 7) is 3.43. The molecular weight excluding hydrogens is 278 g/mol. The van der Waals surface area contributed by atoms with Crippen LogP contribution in [0.4, 0.5) is 4.79 Å². The van der Waals surface area contributed by atoms with E-state index in [0.717, 1.165) is 0 Å². The molecular formula is C12H19N5O4. The van der Waals surface area contributed by atoms with E-state index >= 15 is 0 Å². The lowest BCUT2D eigenvalue weighted by molar-refractivity contribution is -0.139. The standard InChI is InChI=1S/C12H19N5O4/c1-6(2)9(10(13)18)17-12(21)16-8(11(19)20)3-7-4-14-5-15-7/h4-6,8-9H,3H2,1-2H3,(H2,13,18)(H,14,15)(H,19,20)(H2,16,17,21). The van der Waals surface area contributed by atoms with Crippen molar-refractivity contribution in [2.24, 2.45) is 11.7 Å². The molecule has 0 aliphatic rings. The van der Waals surface area contributed by atoms with Gasteiger partial charge in [0.1, 0.15) is 12.1 Å². The second-order valence-electron chi connectivity index (χ2n) is 4.91. The van der Waals surface area contributed by atoms with Crippen LogP contribution in [0, 0.1) is 5.92 Å². The predicted octanol–water partition coefficient (Wildman–Crippen LogP) is -0.785. The van der Waals surface area contributed by atoms with Gasteiger partial charge in [0.25, 0.3) is 0 Å². The molecule has 0 fully saturated rings. The summed E-state index contributed by atoms with van der Waals surface area (Å²) in [5.41, 5.74) is 5.74. The highest BCUT2D eigenvalue weighted by atomic mass is 16.4. The summed E-state index contributed by atoms with van der Waals surface area (Å²) in [6.07, 6.45) is 2.93. The summed E-state index contributed by atoms with van der Waals surface area (Å²) in [6, 6.07) is -2.78. The first-order valence-electron chi connectivity index (χ1n) is 6.37. The van der Waals surface area contributed by atoms with E-state index in [9.17, 15) is 14.4 Å². The number of amides is 3. The molecule has 9 nitrogen and oxygen atoms in total. The first kappa shape index (κ1) is 16.5. The van der Waals surface area contributed by atoms with Gasteiger partial charge in [0, 0.05) is 18.3 Å². The lowest BCUT2D eigenvalue weighted by atomic mass is 10.0. The lowest BCUT2D eigenvalue weighted by Gasteiger charge is -2.21. The number of carboxylic acids is 1. The largest absolute Gasteiger partial charge is 0.480 e. The number of H-pyrrole nitrogens is 1. The van der Waals surface area contributed by atoms with Gasteiger partial charge in [-0.1, -0.05) is 13.8 Å². The van der Waals surface area contributed by atoms with E-state index in [1.165, 1.54) is 12.5 Å². The van der Waals surface area contributed by atoms with Gasteiger partial charge in [-0.05, 0) is 5.92 Å². The molecule has 0 spiro atoms. The van der Waals surface area contributed by atoms with Gasteiger partial charge in [-0.2, -0.15) is 0 Å². The number of aromatic amines is 1. The summed E-state index contributed by atoms with van der Waals surface area (Å²) >= 11 is 0. The van der Waals surface area contributed by atoms with Gasteiger partial charge in [0.15, 0.2) is 0 Å². The fourth-order valence-electron chi connectivity index (χ4n) is 1.72. The molecule has 1 rings (SSSR count). The summed E-state index contributed by atoms with van der Waals surface area (Å²) < 4.78 is 0. The number of urea groups is 1. The van der Waals surface area contributed by atoms with E-state index in [1.54, 1.807) is 13.8 Å². The minimum Gasteiger partial charge on any atom is -0.480 e. The fraction of sp³-hybridized carbons (Fsp3) is 0.500. The Bertz CT molecular complexity index is 500. The second-order valence-corrected chi connectivity index (χ2v) is 4.91. The maximum Gasteiger partial charge on any atom is 0.326 e. The molecule has 1 heterocycles. The third kappa shape index (κ3) is 5.13. The molecule has 0 saturated heterocycles. The van der Waals surface area contributed by atoms with E-state index in [1.807, 2.05) is 0 Å². The van der Waals surface area contributed by atoms with E-state index in [2.05, 4.69) is 20.6 Å². The molecule has 21 heavy (non-hydrogen) atoms. The van der Waals surface area contributed by atoms with E-state index in [-0.39, 0.29) is 12.3 Å². The Labute approximate surface area is 121 Å². The number of nitrogens with two attached hydrogens (primary N) is 1. The van der Waals surface area contributed by atoms with Crippen molar-refractivity contribution in [3.05, 3.63) is 18.2 Å². The molecule has 2 atom stereocenters. The van der Waals surface area contributed by atoms with Gasteiger partial charge < -0.3 is 26.5 Å². The molecule has 0 aromatic carbocycles. The summed E-state index contributed by atoms with van der Waals surface area (Å²) in [5.74, 6) is -2.08. The Kier molecular flexibility index (Phi) is 5.70. The average molecular weight is 297 g/mol. The summed E-state index contributed by atoms with van der Waals surface area (Å²) in [4.78, 5) is 40.7. The van der Waals surface area contributed by atoms with Crippen LogP contribution in [-0.2, 0) is 16.0 Å². The normalized spacial score (nSPS) is 13.5. The molecule has 0 aliphatic heterocycles. The van der Waals surface area contributed by atoms with Crippen LogP contribution >= 0.6 is 0 Å². The monoisotopic (exact) mass is 297 g/mol. The van der Waals surface area contributed by atoms with E-state index < -0.39 is 30.0 Å². The van der Waals surface area contributed by atoms with Crippen molar-refractivity contribution in [1.82, 2.24) is 20.6 Å². The molecule has 3 amide bonds.